The monoisotopic (exact) mass is 322 g/mol. The number of halogens is 1. The highest BCUT2D eigenvalue weighted by molar-refractivity contribution is 6.31. The van der Waals surface area contributed by atoms with E-state index in [-0.39, 0.29) is 24.3 Å². The SMILES string of the molecule is Nc1cc(=O)[nH]c(CCNC(=O)[C@H](O)c2ccccc2Cl)n1. The van der Waals surface area contributed by atoms with Crippen molar-refractivity contribution < 1.29 is 9.90 Å². The summed E-state index contributed by atoms with van der Waals surface area (Å²) in [6.45, 7) is 0.187. The molecule has 116 valence electrons. The molecular weight excluding hydrogens is 308 g/mol. The summed E-state index contributed by atoms with van der Waals surface area (Å²) in [5, 5.41) is 12.8. The average Bonchev–Trinajstić information content (AvgIpc) is 2.46. The van der Waals surface area contributed by atoms with Gasteiger partial charge in [-0.25, -0.2) is 4.98 Å². The van der Waals surface area contributed by atoms with Crippen molar-refractivity contribution in [3.05, 3.63) is 57.1 Å². The van der Waals surface area contributed by atoms with E-state index in [1.54, 1.807) is 24.3 Å². The summed E-state index contributed by atoms with van der Waals surface area (Å²) in [7, 11) is 0. The van der Waals surface area contributed by atoms with Gasteiger partial charge in [-0.1, -0.05) is 29.8 Å². The number of benzene rings is 1. The van der Waals surface area contributed by atoms with Crippen LogP contribution < -0.4 is 16.6 Å². The Bertz CT molecular complexity index is 732. The third kappa shape index (κ3) is 4.06. The van der Waals surface area contributed by atoms with Crippen LogP contribution in [0.3, 0.4) is 0 Å². The second-order valence-electron chi connectivity index (χ2n) is 4.58. The molecule has 0 aliphatic heterocycles. The van der Waals surface area contributed by atoms with E-state index < -0.39 is 12.0 Å². The van der Waals surface area contributed by atoms with Gasteiger partial charge in [-0.3, -0.25) is 9.59 Å². The molecule has 8 heteroatoms. The highest BCUT2D eigenvalue weighted by Crippen LogP contribution is 2.22. The number of carbonyl (C=O) groups is 1. The van der Waals surface area contributed by atoms with Gasteiger partial charge in [-0.15, -0.1) is 0 Å². The molecule has 5 N–H and O–H groups in total. The smallest absolute Gasteiger partial charge is 0.253 e. The van der Waals surface area contributed by atoms with E-state index in [1.165, 1.54) is 6.07 Å². The van der Waals surface area contributed by atoms with Crippen LogP contribution in [0, 0.1) is 0 Å². The summed E-state index contributed by atoms with van der Waals surface area (Å²) in [5.41, 5.74) is 5.43. The van der Waals surface area contributed by atoms with Crippen molar-refractivity contribution in [2.45, 2.75) is 12.5 Å². The number of aromatic nitrogens is 2. The number of anilines is 1. The van der Waals surface area contributed by atoms with Gasteiger partial charge in [0.05, 0.1) is 0 Å². The molecule has 1 heterocycles. The molecule has 0 spiro atoms. The number of hydrogen-bond donors (Lipinski definition) is 4. The van der Waals surface area contributed by atoms with Crippen LogP contribution in [0.1, 0.15) is 17.5 Å². The van der Waals surface area contributed by atoms with Crippen LogP contribution in [-0.4, -0.2) is 27.5 Å². The van der Waals surface area contributed by atoms with E-state index in [2.05, 4.69) is 15.3 Å². The molecule has 2 rings (SSSR count). The average molecular weight is 323 g/mol. The molecule has 7 nitrogen and oxygen atoms in total. The van der Waals surface area contributed by atoms with Gasteiger partial charge in [0.15, 0.2) is 6.10 Å². The molecule has 0 aliphatic carbocycles. The lowest BCUT2D eigenvalue weighted by molar-refractivity contribution is -0.129. The molecule has 0 fully saturated rings. The van der Waals surface area contributed by atoms with Crippen LogP contribution in [0.5, 0.6) is 0 Å². The molecule has 0 saturated carbocycles. The first kappa shape index (κ1) is 16.0. The predicted octanol–water partition coefficient (Wildman–Crippen LogP) is 0.398. The molecule has 0 saturated heterocycles. The van der Waals surface area contributed by atoms with E-state index in [1.807, 2.05) is 0 Å². The Morgan fingerprint density at radius 3 is 2.86 bits per heavy atom. The van der Waals surface area contributed by atoms with Gasteiger partial charge in [-0.05, 0) is 6.07 Å². The molecule has 1 amide bonds. The van der Waals surface area contributed by atoms with E-state index in [4.69, 9.17) is 17.3 Å². The van der Waals surface area contributed by atoms with Gasteiger partial charge in [0, 0.05) is 29.6 Å². The number of aliphatic hydroxyl groups excluding tert-OH is 1. The van der Waals surface area contributed by atoms with Crippen LogP contribution >= 0.6 is 11.6 Å². The maximum Gasteiger partial charge on any atom is 0.253 e. The highest BCUT2D eigenvalue weighted by Gasteiger charge is 2.19. The molecule has 22 heavy (non-hydrogen) atoms. The Morgan fingerprint density at radius 1 is 1.45 bits per heavy atom. The van der Waals surface area contributed by atoms with Gasteiger partial charge in [-0.2, -0.15) is 0 Å². The second-order valence-corrected chi connectivity index (χ2v) is 4.99. The number of nitrogens with one attached hydrogen (secondary N) is 2. The fourth-order valence-electron chi connectivity index (χ4n) is 1.89. The van der Waals surface area contributed by atoms with Crippen LogP contribution in [0.4, 0.5) is 5.82 Å². The third-order valence-corrected chi connectivity index (χ3v) is 3.26. The van der Waals surface area contributed by atoms with Crippen LogP contribution in [0.25, 0.3) is 0 Å². The molecule has 0 bridgehead atoms. The Kier molecular flexibility index (Phi) is 5.13. The van der Waals surface area contributed by atoms with E-state index in [9.17, 15) is 14.7 Å². The predicted molar refractivity (Wildman–Crippen MR) is 82.4 cm³/mol. The lowest BCUT2D eigenvalue weighted by Gasteiger charge is -2.12. The summed E-state index contributed by atoms with van der Waals surface area (Å²) < 4.78 is 0. The minimum atomic E-state index is -1.36. The first-order chi connectivity index (χ1) is 10.5. The molecule has 0 aliphatic rings. The Hall–Kier alpha value is -2.38. The van der Waals surface area contributed by atoms with E-state index in [0.29, 0.717) is 16.4 Å². The maximum absolute atomic E-state index is 11.9. The number of carbonyl (C=O) groups excluding carboxylic acids is 1. The third-order valence-electron chi connectivity index (χ3n) is 2.92. The minimum absolute atomic E-state index is 0.112. The number of nitrogens with two attached hydrogens (primary N) is 1. The molecule has 1 aromatic carbocycles. The second kappa shape index (κ2) is 7.06. The number of rotatable bonds is 5. The topological polar surface area (TPSA) is 121 Å². The number of nitrogen functional groups attached to an aromatic ring is 1. The lowest BCUT2D eigenvalue weighted by atomic mass is 10.1. The normalized spacial score (nSPS) is 11.9. The first-order valence-corrected chi connectivity index (χ1v) is 6.91. The van der Waals surface area contributed by atoms with Crippen molar-refractivity contribution >= 4 is 23.3 Å². The lowest BCUT2D eigenvalue weighted by Crippen LogP contribution is -2.31. The van der Waals surface area contributed by atoms with E-state index in [0.717, 1.165) is 0 Å². The molecule has 0 radical (unpaired) electrons. The van der Waals surface area contributed by atoms with Gasteiger partial charge in [0.2, 0.25) is 0 Å². The fraction of sp³-hybridized carbons (Fsp3) is 0.214. The van der Waals surface area contributed by atoms with Crippen molar-refractivity contribution in [2.75, 3.05) is 12.3 Å². The zero-order chi connectivity index (χ0) is 16.1. The van der Waals surface area contributed by atoms with Gasteiger partial charge < -0.3 is 21.1 Å². The highest BCUT2D eigenvalue weighted by atomic mass is 35.5. The number of amides is 1. The minimum Gasteiger partial charge on any atom is -0.383 e. The van der Waals surface area contributed by atoms with Gasteiger partial charge in [0.1, 0.15) is 11.6 Å². The van der Waals surface area contributed by atoms with E-state index >= 15 is 0 Å². The number of H-pyrrole nitrogens is 1. The fourth-order valence-corrected chi connectivity index (χ4v) is 2.13. The summed E-state index contributed by atoms with van der Waals surface area (Å²) in [4.78, 5) is 29.5. The Labute approximate surface area is 131 Å². The zero-order valence-corrected chi connectivity index (χ0v) is 12.3. The summed E-state index contributed by atoms with van der Waals surface area (Å²) in [5.74, 6) is -0.113. The van der Waals surface area contributed by atoms with Crippen LogP contribution in [-0.2, 0) is 11.2 Å². The maximum atomic E-state index is 11.9. The number of hydrogen-bond acceptors (Lipinski definition) is 5. The number of aromatic amines is 1. The van der Waals surface area contributed by atoms with Crippen molar-refractivity contribution in [3.63, 3.8) is 0 Å². The summed E-state index contributed by atoms with van der Waals surface area (Å²) in [6.07, 6.45) is -1.08. The zero-order valence-electron chi connectivity index (χ0n) is 11.5. The Balaban J connectivity index is 1.93. The van der Waals surface area contributed by atoms with Crippen LogP contribution in [0.15, 0.2) is 35.1 Å². The van der Waals surface area contributed by atoms with Crippen LogP contribution in [0.2, 0.25) is 5.02 Å². The standard InChI is InChI=1S/C14H15ClN4O3/c15-9-4-2-1-3-8(9)13(21)14(22)17-6-5-11-18-10(16)7-12(20)19-11/h1-4,7,13,21H,5-6H2,(H,17,22)(H3,16,18,19,20)/t13-/m1/s1. The molecule has 2 aromatic rings. The van der Waals surface area contributed by atoms with Gasteiger partial charge >= 0.3 is 0 Å². The van der Waals surface area contributed by atoms with Crippen molar-refractivity contribution in [2.24, 2.45) is 0 Å². The largest absolute Gasteiger partial charge is 0.383 e. The molecular formula is C14H15ClN4O3. The van der Waals surface area contributed by atoms with Crippen molar-refractivity contribution in [3.8, 4) is 0 Å². The Morgan fingerprint density at radius 2 is 2.18 bits per heavy atom. The first-order valence-electron chi connectivity index (χ1n) is 6.53. The summed E-state index contributed by atoms with van der Waals surface area (Å²) in [6, 6.07) is 7.72. The molecule has 1 atom stereocenters. The molecule has 1 aromatic heterocycles. The van der Waals surface area contributed by atoms with Crippen molar-refractivity contribution in [1.82, 2.24) is 15.3 Å². The quantitative estimate of drug-likeness (QED) is 0.635. The van der Waals surface area contributed by atoms with Gasteiger partial charge in [0.25, 0.3) is 11.5 Å². The number of nitrogens with zero attached hydrogens (tertiary/aromatic N) is 1. The number of aliphatic hydroxyl groups is 1. The molecule has 0 unspecified atom stereocenters. The summed E-state index contributed by atoms with van der Waals surface area (Å²) >= 11 is 5.92. The van der Waals surface area contributed by atoms with Crippen molar-refractivity contribution in [1.29, 1.82) is 0 Å².